The molecule has 3 saturated carbocycles. The van der Waals surface area contributed by atoms with Crippen molar-refractivity contribution in [3.63, 3.8) is 0 Å². The number of allylic oxidation sites excluding steroid dienone is 2. The molecule has 32 heavy (non-hydrogen) atoms. The molecular formula is C26H37NO5. The van der Waals surface area contributed by atoms with E-state index < -0.39 is 11.4 Å². The summed E-state index contributed by atoms with van der Waals surface area (Å²) in [5.41, 5.74) is 0.0547. The number of carboxylic acids is 1. The van der Waals surface area contributed by atoms with Gasteiger partial charge in [0.1, 0.15) is 0 Å². The van der Waals surface area contributed by atoms with Crippen molar-refractivity contribution in [3.8, 4) is 0 Å². The highest BCUT2D eigenvalue weighted by Crippen LogP contribution is 2.74. The van der Waals surface area contributed by atoms with Gasteiger partial charge in [-0.3, -0.25) is 19.3 Å². The molecule has 4 fully saturated rings. The highest BCUT2D eigenvalue weighted by molar-refractivity contribution is 6.06. The monoisotopic (exact) mass is 443 g/mol. The molecule has 0 unspecified atom stereocenters. The average molecular weight is 444 g/mol. The van der Waals surface area contributed by atoms with Crippen LogP contribution in [0.1, 0.15) is 66.2 Å². The van der Waals surface area contributed by atoms with Crippen molar-refractivity contribution < 1.29 is 24.6 Å². The van der Waals surface area contributed by atoms with Gasteiger partial charge in [0.05, 0.1) is 30.4 Å². The number of carbonyl (C=O) groups excluding carboxylic acids is 2. The minimum absolute atomic E-state index is 0.0422. The van der Waals surface area contributed by atoms with Crippen molar-refractivity contribution >= 4 is 17.8 Å². The number of aliphatic hydroxyl groups excluding tert-OH is 1. The minimum Gasteiger partial charge on any atom is -0.481 e. The molecule has 1 heterocycles. The predicted molar refractivity (Wildman–Crippen MR) is 118 cm³/mol. The summed E-state index contributed by atoms with van der Waals surface area (Å²) in [5.74, 6) is -0.918. The maximum Gasteiger partial charge on any atom is 0.309 e. The number of likely N-dealkylation sites (tertiary alicyclic amines) is 1. The highest BCUT2D eigenvalue weighted by atomic mass is 16.4. The molecular weight excluding hydrogens is 406 g/mol. The molecule has 6 aliphatic rings. The number of aliphatic hydroxyl groups is 1. The van der Waals surface area contributed by atoms with Crippen molar-refractivity contribution in [1.82, 2.24) is 4.90 Å². The Balaban J connectivity index is 1.65. The van der Waals surface area contributed by atoms with E-state index in [1.165, 1.54) is 10.5 Å². The standard InChI is InChI=1S/C26H37NO5/c1-14(2)16-13-26-9-6-17-24(3,7-5-8-25(17,4)23(31)32)18(26)12-15(16)19-20(26)22(30)27(10-11-28)21(19)29/h13-15,17-20,28H,5-12H2,1-4H3,(H,31,32)/t15-,17+,18-,19+,20-,24-,25+,26+/m0/s1. The molecule has 6 heteroatoms. The second kappa shape index (κ2) is 6.91. The van der Waals surface area contributed by atoms with Crippen LogP contribution in [-0.4, -0.2) is 46.0 Å². The van der Waals surface area contributed by atoms with E-state index in [0.717, 1.165) is 32.1 Å². The van der Waals surface area contributed by atoms with Crippen LogP contribution < -0.4 is 0 Å². The lowest BCUT2D eigenvalue weighted by molar-refractivity contribution is -0.194. The smallest absolute Gasteiger partial charge is 0.309 e. The first kappa shape index (κ1) is 22.1. The maximum atomic E-state index is 13.6. The summed E-state index contributed by atoms with van der Waals surface area (Å²) in [6.07, 6.45) is 7.42. The van der Waals surface area contributed by atoms with Crippen LogP contribution in [0, 0.1) is 51.8 Å². The Labute approximate surface area is 190 Å². The number of carboxylic acid groups (broad SMARTS) is 1. The van der Waals surface area contributed by atoms with E-state index in [2.05, 4.69) is 26.8 Å². The van der Waals surface area contributed by atoms with Gasteiger partial charge in [0.15, 0.2) is 0 Å². The Morgan fingerprint density at radius 3 is 2.50 bits per heavy atom. The lowest BCUT2D eigenvalue weighted by Crippen LogP contribution is -2.65. The van der Waals surface area contributed by atoms with E-state index in [-0.39, 0.29) is 65.4 Å². The van der Waals surface area contributed by atoms with Crippen LogP contribution in [0.15, 0.2) is 11.6 Å². The number of amides is 2. The van der Waals surface area contributed by atoms with E-state index in [1.807, 2.05) is 6.92 Å². The number of nitrogens with zero attached hydrogens (tertiary/aromatic N) is 1. The fourth-order valence-corrected chi connectivity index (χ4v) is 9.34. The molecule has 0 radical (unpaired) electrons. The lowest BCUT2D eigenvalue weighted by Gasteiger charge is -2.68. The fourth-order valence-electron chi connectivity index (χ4n) is 9.34. The zero-order valence-corrected chi connectivity index (χ0v) is 19.8. The summed E-state index contributed by atoms with van der Waals surface area (Å²) >= 11 is 0. The maximum absolute atomic E-state index is 13.6. The third-order valence-corrected chi connectivity index (χ3v) is 10.6. The first-order valence-corrected chi connectivity index (χ1v) is 12.4. The first-order valence-electron chi connectivity index (χ1n) is 12.4. The van der Waals surface area contributed by atoms with Crippen LogP contribution in [0.25, 0.3) is 0 Å². The molecule has 2 N–H and O–H groups in total. The van der Waals surface area contributed by atoms with E-state index in [1.54, 1.807) is 0 Å². The Kier molecular flexibility index (Phi) is 4.78. The number of carbonyl (C=O) groups is 3. The second-order valence-corrected chi connectivity index (χ2v) is 12.0. The van der Waals surface area contributed by atoms with Crippen LogP contribution in [0.2, 0.25) is 0 Å². The molecule has 0 aromatic rings. The number of imide groups is 1. The topological polar surface area (TPSA) is 94.9 Å². The number of hydrogen-bond donors (Lipinski definition) is 2. The van der Waals surface area contributed by atoms with Crippen LogP contribution in [0.3, 0.4) is 0 Å². The molecule has 0 aromatic heterocycles. The van der Waals surface area contributed by atoms with Crippen molar-refractivity contribution in [3.05, 3.63) is 11.6 Å². The normalized spacial score (nSPS) is 47.2. The molecule has 1 aliphatic heterocycles. The van der Waals surface area contributed by atoms with Gasteiger partial charge in [-0.2, -0.15) is 0 Å². The van der Waals surface area contributed by atoms with E-state index in [4.69, 9.17) is 0 Å². The predicted octanol–water partition coefficient (Wildman–Crippen LogP) is 3.49. The van der Waals surface area contributed by atoms with Crippen molar-refractivity contribution in [2.75, 3.05) is 13.2 Å². The number of hydrogen-bond acceptors (Lipinski definition) is 4. The quantitative estimate of drug-likeness (QED) is 0.512. The number of fused-ring (bicyclic) bond motifs is 1. The number of aliphatic carboxylic acids is 1. The Morgan fingerprint density at radius 1 is 1.16 bits per heavy atom. The van der Waals surface area contributed by atoms with Gasteiger partial charge in [-0.1, -0.05) is 38.8 Å². The van der Waals surface area contributed by atoms with E-state index >= 15 is 0 Å². The summed E-state index contributed by atoms with van der Waals surface area (Å²) in [5, 5.41) is 19.7. The molecule has 0 aromatic carbocycles. The van der Waals surface area contributed by atoms with Gasteiger partial charge in [-0.25, -0.2) is 0 Å². The van der Waals surface area contributed by atoms with Crippen LogP contribution in [-0.2, 0) is 14.4 Å². The molecule has 6 rings (SSSR count). The molecule has 5 aliphatic carbocycles. The van der Waals surface area contributed by atoms with Gasteiger partial charge >= 0.3 is 5.97 Å². The summed E-state index contributed by atoms with van der Waals surface area (Å²) in [6.45, 7) is 8.44. The summed E-state index contributed by atoms with van der Waals surface area (Å²) < 4.78 is 0. The molecule has 2 amide bonds. The Bertz CT molecular complexity index is 910. The fraction of sp³-hybridized carbons (Fsp3) is 0.808. The van der Waals surface area contributed by atoms with Crippen molar-refractivity contribution in [2.45, 2.75) is 66.2 Å². The zero-order valence-electron chi connectivity index (χ0n) is 19.8. The summed E-state index contributed by atoms with van der Waals surface area (Å²) in [4.78, 5) is 40.7. The van der Waals surface area contributed by atoms with Gasteiger partial charge in [0.25, 0.3) is 0 Å². The summed E-state index contributed by atoms with van der Waals surface area (Å²) in [6, 6.07) is 0. The zero-order chi connectivity index (χ0) is 23.2. The lowest BCUT2D eigenvalue weighted by atomic mass is 9.34. The van der Waals surface area contributed by atoms with Crippen LogP contribution in [0.5, 0.6) is 0 Å². The average Bonchev–Trinajstić information content (AvgIpc) is 3.00. The minimum atomic E-state index is -0.728. The molecule has 8 atom stereocenters. The van der Waals surface area contributed by atoms with Crippen molar-refractivity contribution in [1.29, 1.82) is 0 Å². The number of rotatable bonds is 4. The van der Waals surface area contributed by atoms with Gasteiger partial charge in [-0.15, -0.1) is 0 Å². The van der Waals surface area contributed by atoms with Gasteiger partial charge in [0.2, 0.25) is 11.8 Å². The van der Waals surface area contributed by atoms with Gasteiger partial charge in [-0.05, 0) is 68.1 Å². The van der Waals surface area contributed by atoms with Gasteiger partial charge < -0.3 is 10.2 Å². The molecule has 2 bridgehead atoms. The molecule has 1 spiro atoms. The Hall–Kier alpha value is -1.69. The Morgan fingerprint density at radius 2 is 1.88 bits per heavy atom. The number of β-amino-alcohol motifs (C(OH)–C–C–N with tert-alkyl or cyclic N) is 1. The largest absolute Gasteiger partial charge is 0.481 e. The third-order valence-electron chi connectivity index (χ3n) is 10.6. The second-order valence-electron chi connectivity index (χ2n) is 12.0. The first-order chi connectivity index (χ1) is 15.0. The van der Waals surface area contributed by atoms with Crippen LogP contribution >= 0.6 is 0 Å². The van der Waals surface area contributed by atoms with Gasteiger partial charge in [0, 0.05) is 5.41 Å². The summed E-state index contributed by atoms with van der Waals surface area (Å²) in [7, 11) is 0. The highest BCUT2D eigenvalue weighted by Gasteiger charge is 2.73. The van der Waals surface area contributed by atoms with E-state index in [9.17, 15) is 24.6 Å². The SMILES string of the molecule is CC(C)C1=C[C@]23CC[C@@H]4[C@](C)(CCC[C@@]4(C)C(=O)O)[C@@H]2C[C@@H]1[C@H]1C(=O)N(CCO)C(=O)[C@H]13. The van der Waals surface area contributed by atoms with Crippen molar-refractivity contribution in [2.24, 2.45) is 51.8 Å². The van der Waals surface area contributed by atoms with E-state index in [0.29, 0.717) is 12.3 Å². The molecule has 176 valence electrons. The molecule has 6 nitrogen and oxygen atoms in total. The van der Waals surface area contributed by atoms with Crippen LogP contribution in [0.4, 0.5) is 0 Å². The molecule has 1 saturated heterocycles. The third kappa shape index (κ3) is 2.48.